The summed E-state index contributed by atoms with van der Waals surface area (Å²) in [6.45, 7) is 4.98. The van der Waals surface area contributed by atoms with Gasteiger partial charge in [-0.15, -0.1) is 0 Å². The number of anilines is 1. The van der Waals surface area contributed by atoms with Gasteiger partial charge >= 0.3 is 0 Å². The number of benzene rings is 1. The summed E-state index contributed by atoms with van der Waals surface area (Å²) in [4.78, 5) is 2.18. The van der Waals surface area contributed by atoms with Gasteiger partial charge in [-0.1, -0.05) is 22.5 Å². The van der Waals surface area contributed by atoms with E-state index < -0.39 is 0 Å². The number of hydrogen-bond donors (Lipinski definition) is 1. The van der Waals surface area contributed by atoms with Crippen molar-refractivity contribution >= 4 is 21.6 Å². The smallest absolute Gasteiger partial charge is 0.0461 e. The maximum absolute atomic E-state index is 5.89. The molecule has 1 aliphatic rings. The fraction of sp³-hybridized carbons (Fsp3) is 0.273. The molecule has 0 spiro atoms. The van der Waals surface area contributed by atoms with Crippen molar-refractivity contribution in [3.8, 4) is 0 Å². The van der Waals surface area contributed by atoms with Crippen LogP contribution >= 0.6 is 15.9 Å². The lowest BCUT2D eigenvalue weighted by molar-refractivity contribution is 0.805. The standard InChI is InChI=1S/C11H13BrN2/c1-8-11(13)6-7-14(8)10-4-2-9(12)3-5-10/h2-5,11H,1,6-7,13H2. The van der Waals surface area contributed by atoms with Crippen LogP contribution in [0.15, 0.2) is 41.0 Å². The van der Waals surface area contributed by atoms with E-state index in [2.05, 4.69) is 39.5 Å². The Kier molecular flexibility index (Phi) is 2.61. The van der Waals surface area contributed by atoms with Crippen LogP contribution in [0, 0.1) is 0 Å². The summed E-state index contributed by atoms with van der Waals surface area (Å²) in [5.74, 6) is 0. The quantitative estimate of drug-likeness (QED) is 0.833. The molecule has 1 aromatic carbocycles. The van der Waals surface area contributed by atoms with Gasteiger partial charge in [0.1, 0.15) is 0 Å². The van der Waals surface area contributed by atoms with Crippen LogP contribution in [0.4, 0.5) is 5.69 Å². The molecule has 1 aromatic rings. The van der Waals surface area contributed by atoms with Crippen molar-refractivity contribution in [2.75, 3.05) is 11.4 Å². The van der Waals surface area contributed by atoms with Gasteiger partial charge in [0.25, 0.3) is 0 Å². The maximum Gasteiger partial charge on any atom is 0.0461 e. The lowest BCUT2D eigenvalue weighted by atomic mass is 10.2. The molecule has 1 fully saturated rings. The molecule has 0 radical (unpaired) electrons. The molecule has 0 bridgehead atoms. The predicted octanol–water partition coefficient (Wildman–Crippen LogP) is 2.50. The van der Waals surface area contributed by atoms with Crippen molar-refractivity contribution in [2.24, 2.45) is 5.73 Å². The van der Waals surface area contributed by atoms with Crippen LogP contribution < -0.4 is 10.6 Å². The van der Waals surface area contributed by atoms with E-state index in [0.29, 0.717) is 0 Å². The summed E-state index contributed by atoms with van der Waals surface area (Å²) < 4.78 is 1.09. The van der Waals surface area contributed by atoms with Crippen LogP contribution in [0.25, 0.3) is 0 Å². The van der Waals surface area contributed by atoms with Gasteiger partial charge in [-0.3, -0.25) is 0 Å². The number of halogens is 1. The second-order valence-electron chi connectivity index (χ2n) is 3.51. The largest absolute Gasteiger partial charge is 0.344 e. The van der Waals surface area contributed by atoms with Crippen LogP contribution in [0.1, 0.15) is 6.42 Å². The Morgan fingerprint density at radius 1 is 1.36 bits per heavy atom. The summed E-state index contributed by atoms with van der Waals surface area (Å²) in [5.41, 5.74) is 8.08. The third kappa shape index (κ3) is 1.70. The van der Waals surface area contributed by atoms with Crippen molar-refractivity contribution < 1.29 is 0 Å². The highest BCUT2D eigenvalue weighted by Gasteiger charge is 2.23. The Morgan fingerprint density at radius 2 is 2.00 bits per heavy atom. The number of nitrogens with zero attached hydrogens (tertiary/aromatic N) is 1. The first-order valence-electron chi connectivity index (χ1n) is 4.66. The third-order valence-electron chi connectivity index (χ3n) is 2.58. The number of nitrogens with two attached hydrogens (primary N) is 1. The fourth-order valence-electron chi connectivity index (χ4n) is 1.69. The highest BCUT2D eigenvalue weighted by molar-refractivity contribution is 9.10. The second-order valence-corrected chi connectivity index (χ2v) is 4.43. The molecule has 1 heterocycles. The Morgan fingerprint density at radius 3 is 2.50 bits per heavy atom. The van der Waals surface area contributed by atoms with Gasteiger partial charge in [0.05, 0.1) is 0 Å². The van der Waals surface area contributed by atoms with Crippen LogP contribution in [0.2, 0.25) is 0 Å². The van der Waals surface area contributed by atoms with Crippen LogP contribution in [-0.2, 0) is 0 Å². The first-order chi connectivity index (χ1) is 6.68. The minimum absolute atomic E-state index is 0.124. The van der Waals surface area contributed by atoms with E-state index in [0.717, 1.165) is 23.1 Å². The van der Waals surface area contributed by atoms with Crippen LogP contribution in [0.3, 0.4) is 0 Å². The fourth-order valence-corrected chi connectivity index (χ4v) is 1.96. The molecule has 1 aliphatic heterocycles. The van der Waals surface area contributed by atoms with Gasteiger partial charge in [-0.05, 0) is 30.7 Å². The monoisotopic (exact) mass is 252 g/mol. The molecular weight excluding hydrogens is 240 g/mol. The molecule has 0 saturated carbocycles. The van der Waals surface area contributed by atoms with Gasteiger partial charge in [-0.2, -0.15) is 0 Å². The SMILES string of the molecule is C=C1C(N)CCN1c1ccc(Br)cc1. The van der Waals surface area contributed by atoms with Crippen molar-refractivity contribution in [3.05, 3.63) is 41.0 Å². The van der Waals surface area contributed by atoms with Crippen molar-refractivity contribution in [1.29, 1.82) is 0 Å². The van der Waals surface area contributed by atoms with E-state index in [4.69, 9.17) is 5.73 Å². The van der Waals surface area contributed by atoms with E-state index in [1.807, 2.05) is 12.1 Å². The molecule has 0 amide bonds. The molecule has 1 atom stereocenters. The summed E-state index contributed by atoms with van der Waals surface area (Å²) in [5, 5.41) is 0. The van der Waals surface area contributed by atoms with Crippen molar-refractivity contribution in [3.63, 3.8) is 0 Å². The molecule has 0 aliphatic carbocycles. The zero-order valence-corrected chi connectivity index (χ0v) is 9.50. The van der Waals surface area contributed by atoms with E-state index in [1.54, 1.807) is 0 Å². The van der Waals surface area contributed by atoms with Gasteiger partial charge < -0.3 is 10.6 Å². The van der Waals surface area contributed by atoms with E-state index in [-0.39, 0.29) is 6.04 Å². The van der Waals surface area contributed by atoms with Gasteiger partial charge in [0.2, 0.25) is 0 Å². The average molecular weight is 253 g/mol. The molecule has 2 rings (SSSR count). The zero-order valence-electron chi connectivity index (χ0n) is 7.91. The average Bonchev–Trinajstić information content (AvgIpc) is 2.50. The molecular formula is C11H13BrN2. The van der Waals surface area contributed by atoms with E-state index >= 15 is 0 Å². The molecule has 1 saturated heterocycles. The Labute approximate surface area is 92.5 Å². The Hall–Kier alpha value is -0.800. The van der Waals surface area contributed by atoms with Gasteiger partial charge in [0.15, 0.2) is 0 Å². The minimum Gasteiger partial charge on any atom is -0.344 e. The predicted molar refractivity (Wildman–Crippen MR) is 63.2 cm³/mol. The van der Waals surface area contributed by atoms with Crippen molar-refractivity contribution in [2.45, 2.75) is 12.5 Å². The third-order valence-corrected chi connectivity index (χ3v) is 3.11. The van der Waals surface area contributed by atoms with Gasteiger partial charge in [-0.25, -0.2) is 0 Å². The molecule has 74 valence electrons. The van der Waals surface area contributed by atoms with Crippen LogP contribution in [-0.4, -0.2) is 12.6 Å². The summed E-state index contributed by atoms with van der Waals surface area (Å²) in [6.07, 6.45) is 0.995. The highest BCUT2D eigenvalue weighted by Crippen LogP contribution is 2.27. The normalized spacial score (nSPS) is 21.7. The maximum atomic E-state index is 5.89. The lowest BCUT2D eigenvalue weighted by Gasteiger charge is -2.20. The summed E-state index contributed by atoms with van der Waals surface area (Å²) in [7, 11) is 0. The highest BCUT2D eigenvalue weighted by atomic mass is 79.9. The molecule has 1 unspecified atom stereocenters. The lowest BCUT2D eigenvalue weighted by Crippen LogP contribution is -2.22. The molecule has 2 N–H and O–H groups in total. The van der Waals surface area contributed by atoms with Crippen molar-refractivity contribution in [1.82, 2.24) is 0 Å². The molecule has 3 heteroatoms. The molecule has 2 nitrogen and oxygen atoms in total. The first kappa shape index (κ1) is 9.74. The summed E-state index contributed by atoms with van der Waals surface area (Å²) >= 11 is 3.42. The minimum atomic E-state index is 0.124. The van der Waals surface area contributed by atoms with Gasteiger partial charge in [0, 0.05) is 28.4 Å². The number of rotatable bonds is 1. The first-order valence-corrected chi connectivity index (χ1v) is 5.45. The molecule has 0 aromatic heterocycles. The summed E-state index contributed by atoms with van der Waals surface area (Å²) in [6, 6.07) is 8.35. The second kappa shape index (κ2) is 3.75. The van der Waals surface area contributed by atoms with Crippen LogP contribution in [0.5, 0.6) is 0 Å². The topological polar surface area (TPSA) is 29.3 Å². The Balaban J connectivity index is 2.24. The number of hydrogen-bond acceptors (Lipinski definition) is 2. The Bertz CT molecular complexity index is 345. The van der Waals surface area contributed by atoms with E-state index in [9.17, 15) is 0 Å². The van der Waals surface area contributed by atoms with E-state index in [1.165, 1.54) is 5.69 Å². The molecule has 14 heavy (non-hydrogen) atoms. The zero-order chi connectivity index (χ0) is 10.1.